The molecule has 4 rings (SSSR count). The summed E-state index contributed by atoms with van der Waals surface area (Å²) in [6.07, 6.45) is 0.449. The second kappa shape index (κ2) is 4.37. The van der Waals surface area contributed by atoms with Crippen molar-refractivity contribution in [3.8, 4) is 0 Å². The van der Waals surface area contributed by atoms with E-state index < -0.39 is 17.8 Å². The van der Waals surface area contributed by atoms with Crippen LogP contribution in [0.4, 0.5) is 10.1 Å². The average molecular weight is 298 g/mol. The summed E-state index contributed by atoms with van der Waals surface area (Å²) in [6, 6.07) is 6.91. The molecule has 0 aliphatic carbocycles. The number of nitrogens with one attached hydrogen (secondary N) is 1. The molecule has 2 aliphatic rings. The molecular formula is C16H11FN2O3. The van der Waals surface area contributed by atoms with Crippen molar-refractivity contribution in [2.45, 2.75) is 18.9 Å². The van der Waals surface area contributed by atoms with Crippen LogP contribution in [0.1, 0.15) is 23.2 Å². The number of amides is 3. The predicted octanol–water partition coefficient (Wildman–Crippen LogP) is 1.74. The molecule has 1 saturated heterocycles. The number of piperidine rings is 1. The second-order valence-corrected chi connectivity index (χ2v) is 5.44. The Balaban J connectivity index is 1.89. The molecule has 1 fully saturated rings. The molecule has 110 valence electrons. The first kappa shape index (κ1) is 12.9. The van der Waals surface area contributed by atoms with E-state index in [1.807, 2.05) is 0 Å². The Hall–Kier alpha value is -2.76. The molecule has 3 amide bonds. The van der Waals surface area contributed by atoms with E-state index in [2.05, 4.69) is 5.32 Å². The summed E-state index contributed by atoms with van der Waals surface area (Å²) in [5.74, 6) is -1.57. The summed E-state index contributed by atoms with van der Waals surface area (Å²) in [4.78, 5) is 37.4. The van der Waals surface area contributed by atoms with Gasteiger partial charge in [0.25, 0.3) is 5.91 Å². The molecule has 1 atom stereocenters. The highest BCUT2D eigenvalue weighted by molar-refractivity contribution is 6.27. The number of hydrogen-bond donors (Lipinski definition) is 1. The smallest absolute Gasteiger partial charge is 0.259 e. The minimum absolute atomic E-state index is 0.181. The third kappa shape index (κ3) is 1.60. The maximum atomic E-state index is 13.9. The van der Waals surface area contributed by atoms with Crippen LogP contribution in [0.25, 0.3) is 10.8 Å². The van der Waals surface area contributed by atoms with Gasteiger partial charge in [-0.2, -0.15) is 0 Å². The Morgan fingerprint density at radius 2 is 1.95 bits per heavy atom. The number of nitrogens with zero attached hydrogens (tertiary/aromatic N) is 1. The van der Waals surface area contributed by atoms with Gasteiger partial charge < -0.3 is 0 Å². The Bertz CT molecular complexity index is 862. The van der Waals surface area contributed by atoms with Crippen molar-refractivity contribution in [3.05, 3.63) is 41.7 Å². The largest absolute Gasteiger partial charge is 0.295 e. The molecule has 0 aromatic heterocycles. The molecule has 0 saturated carbocycles. The Kier molecular flexibility index (Phi) is 2.57. The van der Waals surface area contributed by atoms with E-state index in [0.717, 1.165) is 0 Å². The van der Waals surface area contributed by atoms with Crippen molar-refractivity contribution in [2.75, 3.05) is 4.90 Å². The van der Waals surface area contributed by atoms with Gasteiger partial charge in [0.2, 0.25) is 11.8 Å². The zero-order chi connectivity index (χ0) is 15.4. The highest BCUT2D eigenvalue weighted by Gasteiger charge is 2.40. The van der Waals surface area contributed by atoms with Crippen LogP contribution in [0, 0.1) is 5.82 Å². The predicted molar refractivity (Wildman–Crippen MR) is 76.9 cm³/mol. The maximum Gasteiger partial charge on any atom is 0.259 e. The number of carbonyl (C=O) groups excluding carboxylic acids is 3. The van der Waals surface area contributed by atoms with Crippen LogP contribution in [-0.4, -0.2) is 23.8 Å². The zero-order valence-electron chi connectivity index (χ0n) is 11.4. The number of carbonyl (C=O) groups is 3. The lowest BCUT2D eigenvalue weighted by atomic mass is 10.0. The second-order valence-electron chi connectivity index (χ2n) is 5.44. The lowest BCUT2D eigenvalue weighted by Crippen LogP contribution is -2.53. The van der Waals surface area contributed by atoms with Gasteiger partial charge in [-0.1, -0.05) is 12.1 Å². The summed E-state index contributed by atoms with van der Waals surface area (Å²) in [5.41, 5.74) is 0.906. The van der Waals surface area contributed by atoms with Crippen molar-refractivity contribution >= 4 is 34.2 Å². The third-order valence-corrected chi connectivity index (χ3v) is 4.20. The zero-order valence-corrected chi connectivity index (χ0v) is 11.4. The van der Waals surface area contributed by atoms with E-state index in [9.17, 15) is 18.8 Å². The van der Waals surface area contributed by atoms with Crippen LogP contribution in [0.15, 0.2) is 30.3 Å². The quantitative estimate of drug-likeness (QED) is 0.816. The summed E-state index contributed by atoms with van der Waals surface area (Å²) in [6.45, 7) is 0. The van der Waals surface area contributed by atoms with Crippen LogP contribution >= 0.6 is 0 Å². The first-order chi connectivity index (χ1) is 10.6. The number of benzene rings is 2. The van der Waals surface area contributed by atoms with Crippen LogP contribution in [0.2, 0.25) is 0 Å². The highest BCUT2D eigenvalue weighted by Crippen LogP contribution is 2.40. The molecule has 0 bridgehead atoms. The van der Waals surface area contributed by atoms with Crippen molar-refractivity contribution < 1.29 is 18.8 Å². The van der Waals surface area contributed by atoms with Crippen molar-refractivity contribution in [1.29, 1.82) is 0 Å². The van der Waals surface area contributed by atoms with Crippen LogP contribution in [0.3, 0.4) is 0 Å². The van der Waals surface area contributed by atoms with Gasteiger partial charge in [-0.15, -0.1) is 0 Å². The molecule has 6 heteroatoms. The average Bonchev–Trinajstić information content (AvgIpc) is 2.77. The van der Waals surface area contributed by atoms with Gasteiger partial charge in [0, 0.05) is 17.2 Å². The van der Waals surface area contributed by atoms with Crippen LogP contribution in [-0.2, 0) is 9.59 Å². The van der Waals surface area contributed by atoms with Gasteiger partial charge in [-0.25, -0.2) is 4.39 Å². The molecule has 0 spiro atoms. The number of halogens is 1. The van der Waals surface area contributed by atoms with Gasteiger partial charge in [-0.05, 0) is 24.6 Å². The molecule has 2 aromatic carbocycles. The fraction of sp³-hybridized carbons (Fsp3) is 0.188. The lowest BCUT2D eigenvalue weighted by molar-refractivity contribution is -0.134. The van der Waals surface area contributed by atoms with Gasteiger partial charge in [0.15, 0.2) is 0 Å². The van der Waals surface area contributed by atoms with E-state index in [4.69, 9.17) is 0 Å². The Morgan fingerprint density at radius 3 is 2.73 bits per heavy atom. The van der Waals surface area contributed by atoms with E-state index in [1.165, 1.54) is 17.0 Å². The molecule has 0 radical (unpaired) electrons. The van der Waals surface area contributed by atoms with Gasteiger partial charge in [-0.3, -0.25) is 24.6 Å². The maximum absolute atomic E-state index is 13.9. The Morgan fingerprint density at radius 1 is 1.14 bits per heavy atom. The van der Waals surface area contributed by atoms with Gasteiger partial charge in [0.05, 0.1) is 11.3 Å². The van der Waals surface area contributed by atoms with E-state index in [1.54, 1.807) is 18.2 Å². The molecule has 2 aliphatic heterocycles. The normalized spacial score (nSPS) is 20.7. The first-order valence-corrected chi connectivity index (χ1v) is 6.96. The topological polar surface area (TPSA) is 66.5 Å². The SMILES string of the molecule is O=C1CCC(N2C(=O)c3ccc(F)c4cccc2c34)C(=O)N1. The molecular weight excluding hydrogens is 287 g/mol. The third-order valence-electron chi connectivity index (χ3n) is 4.20. The van der Waals surface area contributed by atoms with Crippen molar-refractivity contribution in [1.82, 2.24) is 5.32 Å². The molecule has 1 N–H and O–H groups in total. The van der Waals surface area contributed by atoms with Crippen molar-refractivity contribution in [2.24, 2.45) is 0 Å². The van der Waals surface area contributed by atoms with Crippen LogP contribution < -0.4 is 10.2 Å². The fourth-order valence-corrected chi connectivity index (χ4v) is 3.21. The van der Waals surface area contributed by atoms with Gasteiger partial charge >= 0.3 is 0 Å². The summed E-state index contributed by atoms with van der Waals surface area (Å²) in [5, 5.41) is 3.14. The van der Waals surface area contributed by atoms with Gasteiger partial charge in [0.1, 0.15) is 11.9 Å². The lowest BCUT2D eigenvalue weighted by Gasteiger charge is -2.30. The molecule has 2 heterocycles. The molecule has 22 heavy (non-hydrogen) atoms. The number of hydrogen-bond acceptors (Lipinski definition) is 3. The monoisotopic (exact) mass is 298 g/mol. The molecule has 2 aromatic rings. The minimum atomic E-state index is -0.744. The summed E-state index contributed by atoms with van der Waals surface area (Å²) in [7, 11) is 0. The summed E-state index contributed by atoms with van der Waals surface area (Å²) >= 11 is 0. The van der Waals surface area contributed by atoms with E-state index in [-0.39, 0.29) is 24.7 Å². The molecule has 5 nitrogen and oxygen atoms in total. The Labute approximate surface area is 124 Å². The highest BCUT2D eigenvalue weighted by atomic mass is 19.1. The van der Waals surface area contributed by atoms with Crippen LogP contribution in [0.5, 0.6) is 0 Å². The van der Waals surface area contributed by atoms with E-state index in [0.29, 0.717) is 22.0 Å². The molecule has 1 unspecified atom stereocenters. The standard InChI is InChI=1S/C16H11FN2O3/c17-10-5-4-9-14-8(10)2-1-3-11(14)19(16(9)22)12-6-7-13(20)18-15(12)21/h1-5,12H,6-7H2,(H,18,20,21). The minimum Gasteiger partial charge on any atom is -0.295 e. The number of imide groups is 1. The van der Waals surface area contributed by atoms with E-state index >= 15 is 0 Å². The number of anilines is 1. The van der Waals surface area contributed by atoms with Crippen molar-refractivity contribution in [3.63, 3.8) is 0 Å². The first-order valence-electron chi connectivity index (χ1n) is 6.96. The number of rotatable bonds is 1. The fourth-order valence-electron chi connectivity index (χ4n) is 3.21. The summed E-state index contributed by atoms with van der Waals surface area (Å²) < 4.78 is 13.9.